The molecular weight excluding hydrogens is 166 g/mol. The zero-order valence-electron chi connectivity index (χ0n) is 7.78. The molecule has 0 amide bonds. The van der Waals surface area contributed by atoms with Gasteiger partial charge in [0.1, 0.15) is 5.82 Å². The lowest BCUT2D eigenvalue weighted by atomic mass is 10.4. The topological polar surface area (TPSA) is 76.2 Å². The van der Waals surface area contributed by atoms with Gasteiger partial charge in [-0.15, -0.1) is 0 Å². The quantitative estimate of drug-likeness (QED) is 0.487. The molecule has 1 aromatic heterocycles. The van der Waals surface area contributed by atoms with Crippen molar-refractivity contribution in [2.45, 2.75) is 13.5 Å². The molecule has 0 saturated carbocycles. The first kappa shape index (κ1) is 9.44. The van der Waals surface area contributed by atoms with Gasteiger partial charge in [-0.05, 0) is 13.0 Å². The smallest absolute Gasteiger partial charge is 0.188 e. The Morgan fingerprint density at radius 3 is 3.08 bits per heavy atom. The summed E-state index contributed by atoms with van der Waals surface area (Å²) >= 11 is 0. The fraction of sp³-hybridized carbons (Fsp3) is 0.375. The van der Waals surface area contributed by atoms with E-state index < -0.39 is 0 Å². The van der Waals surface area contributed by atoms with Crippen LogP contribution in [0.1, 0.15) is 11.5 Å². The fourth-order valence-corrected chi connectivity index (χ4v) is 0.864. The van der Waals surface area contributed by atoms with E-state index in [1.807, 2.05) is 13.0 Å². The summed E-state index contributed by atoms with van der Waals surface area (Å²) in [5.41, 5.74) is 6.36. The second-order valence-corrected chi connectivity index (χ2v) is 2.56. The number of guanidine groups is 1. The van der Waals surface area contributed by atoms with Crippen molar-refractivity contribution in [2.75, 3.05) is 7.05 Å². The molecule has 5 heteroatoms. The average molecular weight is 179 g/mol. The molecule has 5 nitrogen and oxygen atoms in total. The van der Waals surface area contributed by atoms with E-state index in [1.165, 1.54) is 0 Å². The number of aromatic nitrogens is 2. The summed E-state index contributed by atoms with van der Waals surface area (Å²) in [5.74, 6) is 1.17. The summed E-state index contributed by atoms with van der Waals surface area (Å²) in [4.78, 5) is 11.9. The normalized spacial score (nSPS) is 11.4. The predicted octanol–water partition coefficient (Wildman–Crippen LogP) is -0.181. The van der Waals surface area contributed by atoms with Crippen LogP contribution >= 0.6 is 0 Å². The van der Waals surface area contributed by atoms with Gasteiger partial charge >= 0.3 is 0 Å². The highest BCUT2D eigenvalue weighted by Gasteiger charge is 1.95. The monoisotopic (exact) mass is 179 g/mol. The molecule has 0 unspecified atom stereocenters. The lowest BCUT2D eigenvalue weighted by Crippen LogP contribution is -2.31. The molecule has 1 rings (SSSR count). The molecule has 70 valence electrons. The van der Waals surface area contributed by atoms with Gasteiger partial charge in [0.2, 0.25) is 0 Å². The van der Waals surface area contributed by atoms with Crippen LogP contribution in [0.25, 0.3) is 0 Å². The molecule has 1 heterocycles. The van der Waals surface area contributed by atoms with Crippen LogP contribution < -0.4 is 11.1 Å². The highest BCUT2D eigenvalue weighted by Crippen LogP contribution is 1.92. The number of nitrogens with one attached hydrogen (secondary N) is 1. The minimum atomic E-state index is 0.413. The number of hydrogen-bond donors (Lipinski definition) is 2. The van der Waals surface area contributed by atoms with Gasteiger partial charge in [0, 0.05) is 13.2 Å². The van der Waals surface area contributed by atoms with Crippen LogP contribution in [-0.4, -0.2) is 23.0 Å². The van der Waals surface area contributed by atoms with Crippen molar-refractivity contribution >= 4 is 5.96 Å². The molecule has 0 atom stereocenters. The molecule has 0 aromatic carbocycles. The SMILES string of the molecule is CN=C(N)NCc1ccnc(C)n1. The third-order valence-corrected chi connectivity index (χ3v) is 1.53. The zero-order valence-corrected chi connectivity index (χ0v) is 7.78. The molecule has 0 aliphatic carbocycles. The second-order valence-electron chi connectivity index (χ2n) is 2.56. The molecule has 0 bridgehead atoms. The van der Waals surface area contributed by atoms with E-state index in [1.54, 1.807) is 13.2 Å². The van der Waals surface area contributed by atoms with Crippen LogP contribution in [0.4, 0.5) is 0 Å². The van der Waals surface area contributed by atoms with E-state index in [0.29, 0.717) is 12.5 Å². The van der Waals surface area contributed by atoms with Crippen LogP contribution in [0.15, 0.2) is 17.3 Å². The lowest BCUT2D eigenvalue weighted by molar-refractivity contribution is 0.840. The molecule has 0 radical (unpaired) electrons. The van der Waals surface area contributed by atoms with Gasteiger partial charge in [-0.3, -0.25) is 4.99 Å². The largest absolute Gasteiger partial charge is 0.370 e. The van der Waals surface area contributed by atoms with E-state index in [-0.39, 0.29) is 0 Å². The molecular formula is C8H13N5. The number of hydrogen-bond acceptors (Lipinski definition) is 3. The molecule has 0 aliphatic rings. The highest BCUT2D eigenvalue weighted by molar-refractivity contribution is 5.77. The van der Waals surface area contributed by atoms with Crippen molar-refractivity contribution in [1.29, 1.82) is 0 Å². The number of nitrogens with two attached hydrogens (primary N) is 1. The standard InChI is InChI=1S/C8H13N5/c1-6-11-4-3-7(13-6)5-12-8(9)10-2/h3-4H,5H2,1-2H3,(H3,9,10,12). The number of rotatable bonds is 2. The predicted molar refractivity (Wildman–Crippen MR) is 51.2 cm³/mol. The number of nitrogens with zero attached hydrogens (tertiary/aromatic N) is 3. The van der Waals surface area contributed by atoms with Crippen molar-refractivity contribution in [3.8, 4) is 0 Å². The molecule has 0 spiro atoms. The van der Waals surface area contributed by atoms with Crippen molar-refractivity contribution in [1.82, 2.24) is 15.3 Å². The Hall–Kier alpha value is -1.65. The first-order valence-corrected chi connectivity index (χ1v) is 3.97. The molecule has 1 aromatic rings. The maximum atomic E-state index is 5.45. The first-order chi connectivity index (χ1) is 6.22. The third kappa shape index (κ3) is 3.06. The Balaban J connectivity index is 2.55. The van der Waals surface area contributed by atoms with Crippen molar-refractivity contribution in [3.63, 3.8) is 0 Å². The van der Waals surface area contributed by atoms with Crippen LogP contribution in [-0.2, 0) is 6.54 Å². The molecule has 3 N–H and O–H groups in total. The van der Waals surface area contributed by atoms with E-state index in [0.717, 1.165) is 11.5 Å². The summed E-state index contributed by atoms with van der Waals surface area (Å²) in [5, 5.41) is 2.91. The maximum absolute atomic E-state index is 5.45. The second kappa shape index (κ2) is 4.39. The first-order valence-electron chi connectivity index (χ1n) is 3.97. The van der Waals surface area contributed by atoms with Gasteiger partial charge in [0.05, 0.1) is 12.2 Å². The Morgan fingerprint density at radius 2 is 2.46 bits per heavy atom. The van der Waals surface area contributed by atoms with Crippen LogP contribution in [0.3, 0.4) is 0 Å². The number of aryl methyl sites for hydroxylation is 1. The highest BCUT2D eigenvalue weighted by atomic mass is 15.1. The molecule has 0 aliphatic heterocycles. The average Bonchev–Trinajstić information content (AvgIpc) is 2.14. The Kier molecular flexibility index (Phi) is 3.19. The van der Waals surface area contributed by atoms with Crippen LogP contribution in [0, 0.1) is 6.92 Å². The van der Waals surface area contributed by atoms with Gasteiger partial charge in [0.25, 0.3) is 0 Å². The lowest BCUT2D eigenvalue weighted by Gasteiger charge is -2.03. The number of aliphatic imine (C=N–C) groups is 1. The van der Waals surface area contributed by atoms with Crippen LogP contribution in [0.5, 0.6) is 0 Å². The van der Waals surface area contributed by atoms with Crippen LogP contribution in [0.2, 0.25) is 0 Å². The minimum Gasteiger partial charge on any atom is -0.370 e. The van der Waals surface area contributed by atoms with E-state index >= 15 is 0 Å². The molecule has 13 heavy (non-hydrogen) atoms. The third-order valence-electron chi connectivity index (χ3n) is 1.53. The Labute approximate surface area is 77.1 Å². The summed E-state index contributed by atoms with van der Waals surface area (Å²) in [6.45, 7) is 2.42. The van der Waals surface area contributed by atoms with E-state index in [2.05, 4.69) is 20.3 Å². The molecule has 0 saturated heterocycles. The summed E-state index contributed by atoms with van der Waals surface area (Å²) < 4.78 is 0. The maximum Gasteiger partial charge on any atom is 0.188 e. The minimum absolute atomic E-state index is 0.413. The Bertz CT molecular complexity index is 307. The Morgan fingerprint density at radius 1 is 1.69 bits per heavy atom. The summed E-state index contributed by atoms with van der Waals surface area (Å²) in [6.07, 6.45) is 1.72. The van der Waals surface area contributed by atoms with Crippen molar-refractivity contribution < 1.29 is 0 Å². The summed E-state index contributed by atoms with van der Waals surface area (Å²) in [7, 11) is 1.63. The van der Waals surface area contributed by atoms with Crippen molar-refractivity contribution in [3.05, 3.63) is 23.8 Å². The van der Waals surface area contributed by atoms with Crippen molar-refractivity contribution in [2.24, 2.45) is 10.7 Å². The zero-order chi connectivity index (χ0) is 9.68. The molecule has 0 fully saturated rings. The fourth-order valence-electron chi connectivity index (χ4n) is 0.864. The van der Waals surface area contributed by atoms with Gasteiger partial charge in [-0.1, -0.05) is 0 Å². The summed E-state index contributed by atoms with van der Waals surface area (Å²) in [6, 6.07) is 1.84. The van der Waals surface area contributed by atoms with E-state index in [4.69, 9.17) is 5.73 Å². The van der Waals surface area contributed by atoms with Gasteiger partial charge in [0.15, 0.2) is 5.96 Å². The van der Waals surface area contributed by atoms with Gasteiger partial charge in [-0.25, -0.2) is 9.97 Å². The van der Waals surface area contributed by atoms with E-state index in [9.17, 15) is 0 Å². The van der Waals surface area contributed by atoms with Gasteiger partial charge in [-0.2, -0.15) is 0 Å². The van der Waals surface area contributed by atoms with Gasteiger partial charge < -0.3 is 11.1 Å².